The maximum absolute atomic E-state index is 12.0. The molecule has 0 saturated heterocycles. The molecule has 0 spiro atoms. The number of nitrogens with one attached hydrogen (secondary N) is 2. The molecule has 0 aliphatic heterocycles. The first kappa shape index (κ1) is 13.5. The van der Waals surface area contributed by atoms with E-state index in [-0.39, 0.29) is 17.6 Å². The van der Waals surface area contributed by atoms with Gasteiger partial charge in [-0.1, -0.05) is 31.5 Å². The number of aromatic nitrogens is 3. The van der Waals surface area contributed by atoms with Crippen LogP contribution < -0.4 is 5.32 Å². The summed E-state index contributed by atoms with van der Waals surface area (Å²) in [5.74, 6) is 0.659. The summed E-state index contributed by atoms with van der Waals surface area (Å²) in [6.07, 6.45) is 0. The second-order valence-electron chi connectivity index (χ2n) is 4.61. The third-order valence-electron chi connectivity index (χ3n) is 2.70. The number of benzene rings is 1. The van der Waals surface area contributed by atoms with Crippen molar-refractivity contribution in [1.29, 1.82) is 0 Å². The first-order chi connectivity index (χ1) is 8.97. The Labute approximate surface area is 116 Å². The van der Waals surface area contributed by atoms with E-state index in [1.807, 2.05) is 26.8 Å². The van der Waals surface area contributed by atoms with Gasteiger partial charge in [0.15, 0.2) is 0 Å². The molecule has 0 aliphatic carbocycles. The van der Waals surface area contributed by atoms with Gasteiger partial charge in [0.1, 0.15) is 5.82 Å². The number of anilines is 1. The molecule has 6 heteroatoms. The summed E-state index contributed by atoms with van der Waals surface area (Å²) < 4.78 is 0. The van der Waals surface area contributed by atoms with Gasteiger partial charge in [-0.25, -0.2) is 4.98 Å². The summed E-state index contributed by atoms with van der Waals surface area (Å²) in [6.45, 7) is 5.84. The lowest BCUT2D eigenvalue weighted by atomic mass is 10.2. The number of halogens is 1. The predicted molar refractivity (Wildman–Crippen MR) is 74.6 cm³/mol. The molecule has 19 heavy (non-hydrogen) atoms. The smallest absolute Gasteiger partial charge is 0.295 e. The fourth-order valence-electron chi connectivity index (χ4n) is 1.54. The van der Waals surface area contributed by atoms with Gasteiger partial charge < -0.3 is 5.32 Å². The normalized spacial score (nSPS) is 10.8. The number of carbonyl (C=O) groups is 1. The number of hydrogen-bond donors (Lipinski definition) is 2. The van der Waals surface area contributed by atoms with Gasteiger partial charge in [-0.15, -0.1) is 5.10 Å². The molecular formula is C13H15ClN4O. The van der Waals surface area contributed by atoms with E-state index in [1.54, 1.807) is 12.1 Å². The van der Waals surface area contributed by atoms with Crippen molar-refractivity contribution < 1.29 is 4.79 Å². The lowest BCUT2D eigenvalue weighted by Crippen LogP contribution is -2.14. The van der Waals surface area contributed by atoms with Crippen LogP contribution in [0, 0.1) is 6.92 Å². The molecule has 0 fully saturated rings. The lowest BCUT2D eigenvalue weighted by molar-refractivity contribution is 0.101. The number of hydrogen-bond acceptors (Lipinski definition) is 3. The Morgan fingerprint density at radius 3 is 2.79 bits per heavy atom. The highest BCUT2D eigenvalue weighted by molar-refractivity contribution is 6.31. The lowest BCUT2D eigenvalue weighted by Gasteiger charge is -2.06. The molecule has 2 N–H and O–H groups in total. The van der Waals surface area contributed by atoms with E-state index in [2.05, 4.69) is 20.5 Å². The summed E-state index contributed by atoms with van der Waals surface area (Å²) in [4.78, 5) is 16.2. The topological polar surface area (TPSA) is 70.7 Å². The molecule has 0 bridgehead atoms. The van der Waals surface area contributed by atoms with E-state index >= 15 is 0 Å². The van der Waals surface area contributed by atoms with Gasteiger partial charge in [-0.2, -0.15) is 0 Å². The molecule has 1 heterocycles. The van der Waals surface area contributed by atoms with Crippen LogP contribution in [0.1, 0.15) is 41.8 Å². The highest BCUT2D eigenvalue weighted by Gasteiger charge is 2.15. The fourth-order valence-corrected chi connectivity index (χ4v) is 1.71. The maximum atomic E-state index is 12.0. The van der Waals surface area contributed by atoms with Gasteiger partial charge in [-0.05, 0) is 24.6 Å². The van der Waals surface area contributed by atoms with Gasteiger partial charge >= 0.3 is 0 Å². The summed E-state index contributed by atoms with van der Waals surface area (Å²) in [5, 5.41) is 9.97. The third kappa shape index (κ3) is 3.12. The van der Waals surface area contributed by atoms with Crippen molar-refractivity contribution in [2.45, 2.75) is 26.7 Å². The van der Waals surface area contributed by atoms with E-state index in [0.29, 0.717) is 16.5 Å². The van der Waals surface area contributed by atoms with Crippen molar-refractivity contribution in [2.75, 3.05) is 5.32 Å². The minimum absolute atomic E-state index is 0.128. The molecule has 0 unspecified atom stereocenters. The monoisotopic (exact) mass is 278 g/mol. The zero-order chi connectivity index (χ0) is 14.0. The predicted octanol–water partition coefficient (Wildman–Crippen LogP) is 3.14. The number of nitrogens with zero attached hydrogens (tertiary/aromatic N) is 2. The molecule has 1 aromatic heterocycles. The minimum atomic E-state index is -0.353. The molecule has 1 aromatic carbocycles. The van der Waals surface area contributed by atoms with Crippen molar-refractivity contribution in [3.63, 3.8) is 0 Å². The molecule has 0 radical (unpaired) electrons. The average Bonchev–Trinajstić information content (AvgIpc) is 2.83. The second kappa shape index (κ2) is 5.40. The van der Waals surface area contributed by atoms with Gasteiger partial charge in [0.2, 0.25) is 5.82 Å². The summed E-state index contributed by atoms with van der Waals surface area (Å²) in [6, 6.07) is 5.32. The molecule has 0 saturated carbocycles. The number of H-pyrrole nitrogens is 1. The van der Waals surface area contributed by atoms with Crippen LogP contribution in [0.2, 0.25) is 5.02 Å². The molecule has 100 valence electrons. The number of aryl methyl sites for hydroxylation is 1. The molecule has 5 nitrogen and oxygen atoms in total. The number of carbonyl (C=O) groups excluding carboxylic acids is 1. The van der Waals surface area contributed by atoms with Crippen molar-refractivity contribution in [1.82, 2.24) is 15.2 Å². The Morgan fingerprint density at radius 1 is 1.42 bits per heavy atom. The van der Waals surface area contributed by atoms with Crippen molar-refractivity contribution in [2.24, 2.45) is 0 Å². The van der Waals surface area contributed by atoms with Crippen LogP contribution in [0.5, 0.6) is 0 Å². The Balaban J connectivity index is 2.18. The maximum Gasteiger partial charge on any atom is 0.295 e. The van der Waals surface area contributed by atoms with Gasteiger partial charge in [0.25, 0.3) is 5.91 Å². The van der Waals surface area contributed by atoms with Crippen molar-refractivity contribution >= 4 is 23.2 Å². The standard InChI is InChI=1S/C13H15ClN4O/c1-7(2)11-16-12(18-17-11)13(19)15-10-6-9(14)5-4-8(10)3/h4-7H,1-3H3,(H,15,19)(H,16,17,18). The Hall–Kier alpha value is -1.88. The molecule has 0 atom stereocenters. The van der Waals surface area contributed by atoms with Crippen LogP contribution in [0.25, 0.3) is 0 Å². The van der Waals surface area contributed by atoms with Crippen LogP contribution in [-0.2, 0) is 0 Å². The van der Waals surface area contributed by atoms with E-state index in [1.165, 1.54) is 0 Å². The highest BCUT2D eigenvalue weighted by atomic mass is 35.5. The zero-order valence-corrected chi connectivity index (χ0v) is 11.7. The first-order valence-corrected chi connectivity index (χ1v) is 6.35. The number of amides is 1. The number of rotatable bonds is 3. The van der Waals surface area contributed by atoms with Crippen LogP contribution in [-0.4, -0.2) is 21.1 Å². The average molecular weight is 279 g/mol. The van der Waals surface area contributed by atoms with Crippen LogP contribution in [0.3, 0.4) is 0 Å². The first-order valence-electron chi connectivity index (χ1n) is 5.97. The molecule has 2 rings (SSSR count). The van der Waals surface area contributed by atoms with Crippen molar-refractivity contribution in [3.05, 3.63) is 40.4 Å². The molecular weight excluding hydrogens is 264 g/mol. The largest absolute Gasteiger partial charge is 0.319 e. The zero-order valence-electron chi connectivity index (χ0n) is 11.0. The van der Waals surface area contributed by atoms with E-state index in [4.69, 9.17) is 11.6 Å². The van der Waals surface area contributed by atoms with Gasteiger partial charge in [-0.3, -0.25) is 9.89 Å². The second-order valence-corrected chi connectivity index (χ2v) is 5.05. The third-order valence-corrected chi connectivity index (χ3v) is 2.94. The Bertz CT molecular complexity index is 606. The Kier molecular flexibility index (Phi) is 3.85. The van der Waals surface area contributed by atoms with Crippen LogP contribution >= 0.6 is 11.6 Å². The SMILES string of the molecule is Cc1ccc(Cl)cc1NC(=O)c1n[nH]c(C(C)C)n1. The highest BCUT2D eigenvalue weighted by Crippen LogP contribution is 2.20. The van der Waals surface area contributed by atoms with E-state index in [9.17, 15) is 4.79 Å². The van der Waals surface area contributed by atoms with Crippen LogP contribution in [0.15, 0.2) is 18.2 Å². The molecule has 1 amide bonds. The summed E-state index contributed by atoms with van der Waals surface area (Å²) >= 11 is 5.90. The quantitative estimate of drug-likeness (QED) is 0.906. The molecule has 2 aromatic rings. The van der Waals surface area contributed by atoms with Gasteiger partial charge in [0.05, 0.1) is 0 Å². The van der Waals surface area contributed by atoms with Crippen LogP contribution in [0.4, 0.5) is 5.69 Å². The summed E-state index contributed by atoms with van der Waals surface area (Å²) in [5.41, 5.74) is 1.59. The van der Waals surface area contributed by atoms with E-state index in [0.717, 1.165) is 5.56 Å². The fraction of sp³-hybridized carbons (Fsp3) is 0.308. The summed E-state index contributed by atoms with van der Waals surface area (Å²) in [7, 11) is 0. The molecule has 0 aliphatic rings. The van der Waals surface area contributed by atoms with E-state index < -0.39 is 0 Å². The minimum Gasteiger partial charge on any atom is -0.319 e. The van der Waals surface area contributed by atoms with Gasteiger partial charge in [0, 0.05) is 16.6 Å². The Morgan fingerprint density at radius 2 is 2.16 bits per heavy atom. The van der Waals surface area contributed by atoms with Crippen molar-refractivity contribution in [3.8, 4) is 0 Å². The number of aromatic amines is 1.